The van der Waals surface area contributed by atoms with Gasteiger partial charge in [0, 0.05) is 6.04 Å². The highest BCUT2D eigenvalue weighted by molar-refractivity contribution is 4.77. The van der Waals surface area contributed by atoms with Gasteiger partial charge in [0.05, 0.1) is 0 Å². The lowest BCUT2D eigenvalue weighted by Crippen LogP contribution is -2.44. The number of hydrogen-bond donors (Lipinski definition) is 1. The summed E-state index contributed by atoms with van der Waals surface area (Å²) in [5, 5.41) is 3.77. The van der Waals surface area contributed by atoms with E-state index in [0.29, 0.717) is 0 Å². The van der Waals surface area contributed by atoms with Crippen LogP contribution in [0.15, 0.2) is 0 Å². The van der Waals surface area contributed by atoms with Crippen molar-refractivity contribution in [3.63, 3.8) is 0 Å². The van der Waals surface area contributed by atoms with E-state index in [1.54, 1.807) is 0 Å². The van der Waals surface area contributed by atoms with Gasteiger partial charge in [0.15, 0.2) is 0 Å². The highest BCUT2D eigenvalue weighted by Crippen LogP contribution is 2.13. The van der Waals surface area contributed by atoms with Crippen molar-refractivity contribution >= 4 is 0 Å². The van der Waals surface area contributed by atoms with Crippen LogP contribution in [0.4, 0.5) is 0 Å². The van der Waals surface area contributed by atoms with Crippen LogP contribution in [-0.2, 0) is 0 Å². The van der Waals surface area contributed by atoms with E-state index in [4.69, 9.17) is 0 Å². The summed E-state index contributed by atoms with van der Waals surface area (Å²) in [7, 11) is 0. The molecular formula is C15H32N2. The molecule has 0 aromatic heterocycles. The van der Waals surface area contributed by atoms with Crippen LogP contribution >= 0.6 is 0 Å². The van der Waals surface area contributed by atoms with Gasteiger partial charge in [0.2, 0.25) is 0 Å². The van der Waals surface area contributed by atoms with Crippen LogP contribution in [0.2, 0.25) is 0 Å². The van der Waals surface area contributed by atoms with Gasteiger partial charge in [0.25, 0.3) is 0 Å². The van der Waals surface area contributed by atoms with Crippen LogP contribution in [0, 0.1) is 5.92 Å². The molecular weight excluding hydrogens is 208 g/mol. The SMILES string of the molecule is CCCCN1CCC(NCC(CC)CC)CC1. The third kappa shape index (κ3) is 5.87. The summed E-state index contributed by atoms with van der Waals surface area (Å²) in [5.41, 5.74) is 0. The molecule has 0 spiro atoms. The van der Waals surface area contributed by atoms with Crippen molar-refractivity contribution in [2.75, 3.05) is 26.2 Å². The molecule has 1 aliphatic rings. The summed E-state index contributed by atoms with van der Waals surface area (Å²) in [4.78, 5) is 2.64. The van der Waals surface area contributed by atoms with Crippen molar-refractivity contribution in [1.82, 2.24) is 10.2 Å². The molecule has 2 nitrogen and oxygen atoms in total. The molecule has 1 aliphatic heterocycles. The molecule has 102 valence electrons. The lowest BCUT2D eigenvalue weighted by molar-refractivity contribution is 0.192. The lowest BCUT2D eigenvalue weighted by Gasteiger charge is -2.33. The van der Waals surface area contributed by atoms with Crippen molar-refractivity contribution in [2.24, 2.45) is 5.92 Å². The molecule has 0 radical (unpaired) electrons. The van der Waals surface area contributed by atoms with E-state index in [1.165, 1.54) is 64.7 Å². The Morgan fingerprint density at radius 1 is 1.12 bits per heavy atom. The standard InChI is InChI=1S/C15H32N2/c1-4-7-10-17-11-8-15(9-12-17)16-13-14(5-2)6-3/h14-16H,4-13H2,1-3H3. The second-order valence-corrected chi connectivity index (χ2v) is 5.56. The van der Waals surface area contributed by atoms with Crippen LogP contribution < -0.4 is 5.32 Å². The highest BCUT2D eigenvalue weighted by Gasteiger charge is 2.18. The van der Waals surface area contributed by atoms with E-state index in [9.17, 15) is 0 Å². The molecule has 0 aromatic carbocycles. The summed E-state index contributed by atoms with van der Waals surface area (Å²) < 4.78 is 0. The van der Waals surface area contributed by atoms with E-state index in [-0.39, 0.29) is 0 Å². The van der Waals surface area contributed by atoms with E-state index >= 15 is 0 Å². The minimum atomic E-state index is 0.786. The number of rotatable bonds is 8. The normalized spacial score (nSPS) is 19.1. The van der Waals surface area contributed by atoms with Crippen LogP contribution in [0.3, 0.4) is 0 Å². The molecule has 0 bridgehead atoms. The van der Waals surface area contributed by atoms with Crippen LogP contribution in [0.1, 0.15) is 59.3 Å². The van der Waals surface area contributed by atoms with Gasteiger partial charge in [-0.15, -0.1) is 0 Å². The molecule has 1 N–H and O–H groups in total. The predicted octanol–water partition coefficient (Wildman–Crippen LogP) is 3.28. The third-order valence-electron chi connectivity index (χ3n) is 4.27. The zero-order valence-corrected chi connectivity index (χ0v) is 12.2. The van der Waals surface area contributed by atoms with Crippen LogP contribution in [-0.4, -0.2) is 37.1 Å². The highest BCUT2D eigenvalue weighted by atomic mass is 15.1. The Bertz CT molecular complexity index is 170. The second-order valence-electron chi connectivity index (χ2n) is 5.56. The van der Waals surface area contributed by atoms with Crippen molar-refractivity contribution in [2.45, 2.75) is 65.3 Å². The average molecular weight is 240 g/mol. The Balaban J connectivity index is 2.10. The van der Waals surface area contributed by atoms with Gasteiger partial charge in [0.1, 0.15) is 0 Å². The zero-order chi connectivity index (χ0) is 12.5. The first-order valence-electron chi connectivity index (χ1n) is 7.75. The first kappa shape index (κ1) is 15.0. The number of likely N-dealkylation sites (tertiary alicyclic amines) is 1. The molecule has 0 amide bonds. The van der Waals surface area contributed by atoms with E-state index < -0.39 is 0 Å². The van der Waals surface area contributed by atoms with Gasteiger partial charge in [-0.3, -0.25) is 0 Å². The van der Waals surface area contributed by atoms with E-state index in [0.717, 1.165) is 12.0 Å². The van der Waals surface area contributed by atoms with Crippen LogP contribution in [0.25, 0.3) is 0 Å². The van der Waals surface area contributed by atoms with Crippen molar-refractivity contribution in [3.05, 3.63) is 0 Å². The fourth-order valence-electron chi connectivity index (χ4n) is 2.65. The van der Waals surface area contributed by atoms with Gasteiger partial charge in [-0.05, 0) is 51.4 Å². The van der Waals surface area contributed by atoms with Gasteiger partial charge < -0.3 is 10.2 Å². The van der Waals surface area contributed by atoms with Crippen LogP contribution in [0.5, 0.6) is 0 Å². The maximum atomic E-state index is 3.77. The largest absolute Gasteiger partial charge is 0.314 e. The maximum absolute atomic E-state index is 3.77. The second kappa shape index (κ2) is 8.93. The Morgan fingerprint density at radius 2 is 1.76 bits per heavy atom. The fourth-order valence-corrected chi connectivity index (χ4v) is 2.65. The zero-order valence-electron chi connectivity index (χ0n) is 12.2. The van der Waals surface area contributed by atoms with Crippen molar-refractivity contribution in [1.29, 1.82) is 0 Å². The number of piperidine rings is 1. The summed E-state index contributed by atoms with van der Waals surface area (Å²) in [6.07, 6.45) is 8.03. The molecule has 1 heterocycles. The lowest BCUT2D eigenvalue weighted by atomic mass is 10.0. The topological polar surface area (TPSA) is 15.3 Å². The van der Waals surface area contributed by atoms with E-state index in [2.05, 4.69) is 31.0 Å². The summed E-state index contributed by atoms with van der Waals surface area (Å²) in [5.74, 6) is 0.883. The summed E-state index contributed by atoms with van der Waals surface area (Å²) >= 11 is 0. The van der Waals surface area contributed by atoms with Crippen molar-refractivity contribution in [3.8, 4) is 0 Å². The fraction of sp³-hybridized carbons (Fsp3) is 1.00. The van der Waals surface area contributed by atoms with E-state index in [1.807, 2.05) is 0 Å². The smallest absolute Gasteiger partial charge is 0.00915 e. The number of nitrogens with one attached hydrogen (secondary N) is 1. The first-order chi connectivity index (χ1) is 8.30. The molecule has 1 saturated heterocycles. The van der Waals surface area contributed by atoms with Gasteiger partial charge in [-0.2, -0.15) is 0 Å². The monoisotopic (exact) mass is 240 g/mol. The van der Waals surface area contributed by atoms with Gasteiger partial charge in [-0.1, -0.05) is 40.0 Å². The molecule has 17 heavy (non-hydrogen) atoms. The molecule has 2 heteroatoms. The Kier molecular flexibility index (Phi) is 7.87. The Morgan fingerprint density at radius 3 is 2.29 bits per heavy atom. The Hall–Kier alpha value is -0.0800. The maximum Gasteiger partial charge on any atom is 0.00915 e. The van der Waals surface area contributed by atoms with Crippen molar-refractivity contribution < 1.29 is 0 Å². The molecule has 0 unspecified atom stereocenters. The molecule has 0 atom stereocenters. The first-order valence-corrected chi connectivity index (χ1v) is 7.75. The summed E-state index contributed by atoms with van der Waals surface area (Å²) in [6.45, 7) is 12.1. The molecule has 1 fully saturated rings. The summed E-state index contributed by atoms with van der Waals surface area (Å²) in [6, 6.07) is 0.786. The minimum absolute atomic E-state index is 0.786. The molecule has 0 saturated carbocycles. The number of unbranched alkanes of at least 4 members (excludes halogenated alkanes) is 1. The predicted molar refractivity (Wildman–Crippen MR) is 76.4 cm³/mol. The average Bonchev–Trinajstić information content (AvgIpc) is 2.39. The number of hydrogen-bond acceptors (Lipinski definition) is 2. The molecule has 0 aromatic rings. The van der Waals surface area contributed by atoms with Gasteiger partial charge >= 0.3 is 0 Å². The molecule has 1 rings (SSSR count). The van der Waals surface area contributed by atoms with Gasteiger partial charge in [-0.25, -0.2) is 0 Å². The quantitative estimate of drug-likeness (QED) is 0.700. The molecule has 0 aliphatic carbocycles. The Labute approximate surface area is 108 Å². The third-order valence-corrected chi connectivity index (χ3v) is 4.27. The minimum Gasteiger partial charge on any atom is -0.314 e. The number of nitrogens with zero attached hydrogens (tertiary/aromatic N) is 1.